The molecule has 0 aromatic heterocycles. The van der Waals surface area contributed by atoms with Gasteiger partial charge in [0.15, 0.2) is 0 Å². The van der Waals surface area contributed by atoms with Gasteiger partial charge in [-0.25, -0.2) is 4.39 Å². The number of fused-ring (bicyclic) bond motifs is 1. The summed E-state index contributed by atoms with van der Waals surface area (Å²) < 4.78 is 13.5. The van der Waals surface area contributed by atoms with Crippen LogP contribution in [0.3, 0.4) is 0 Å². The van der Waals surface area contributed by atoms with Gasteiger partial charge in [-0.15, -0.1) is 0 Å². The molecular weight excluding hydrogens is 209 g/mol. The molecule has 1 aromatic rings. The molecular formula is C12H14FNO2. The first-order valence-electron chi connectivity index (χ1n) is 5.29. The van der Waals surface area contributed by atoms with Crippen molar-refractivity contribution in [1.82, 2.24) is 4.90 Å². The molecule has 0 heterocycles. The molecule has 0 saturated carbocycles. The molecule has 1 aromatic carbocycles. The van der Waals surface area contributed by atoms with Crippen LogP contribution in [0.25, 0.3) is 0 Å². The van der Waals surface area contributed by atoms with Crippen LogP contribution in [-0.4, -0.2) is 29.6 Å². The third-order valence-electron chi connectivity index (χ3n) is 3.10. The minimum absolute atomic E-state index is 0.0133. The van der Waals surface area contributed by atoms with E-state index in [-0.39, 0.29) is 18.4 Å². The Labute approximate surface area is 93.5 Å². The maximum Gasteiger partial charge on any atom is 0.317 e. The van der Waals surface area contributed by atoms with Crippen LogP contribution in [0.1, 0.15) is 23.6 Å². The quantitative estimate of drug-likeness (QED) is 0.849. The summed E-state index contributed by atoms with van der Waals surface area (Å²) in [4.78, 5) is 12.4. The number of rotatable bonds is 3. The van der Waals surface area contributed by atoms with Crippen molar-refractivity contribution in [3.63, 3.8) is 0 Å². The number of carboxylic acids is 1. The second kappa shape index (κ2) is 4.22. The number of benzene rings is 1. The van der Waals surface area contributed by atoms with E-state index in [1.54, 1.807) is 18.0 Å². The van der Waals surface area contributed by atoms with E-state index in [1.807, 2.05) is 6.07 Å². The third-order valence-corrected chi connectivity index (χ3v) is 3.10. The summed E-state index contributed by atoms with van der Waals surface area (Å²) in [7, 11) is 1.76. The predicted molar refractivity (Wildman–Crippen MR) is 57.7 cm³/mol. The molecule has 0 fully saturated rings. The smallest absolute Gasteiger partial charge is 0.317 e. The van der Waals surface area contributed by atoms with Gasteiger partial charge < -0.3 is 5.11 Å². The van der Waals surface area contributed by atoms with Crippen molar-refractivity contribution in [2.75, 3.05) is 13.6 Å². The Kier molecular flexibility index (Phi) is 2.92. The van der Waals surface area contributed by atoms with Crippen LogP contribution in [0, 0.1) is 5.82 Å². The van der Waals surface area contributed by atoms with Gasteiger partial charge in [-0.3, -0.25) is 9.69 Å². The average Bonchev–Trinajstić information content (AvgIpc) is 2.61. The van der Waals surface area contributed by atoms with Crippen LogP contribution < -0.4 is 0 Å². The fourth-order valence-corrected chi connectivity index (χ4v) is 2.37. The topological polar surface area (TPSA) is 40.5 Å². The Hall–Kier alpha value is -1.42. The first kappa shape index (κ1) is 11.1. The third kappa shape index (κ3) is 1.93. The van der Waals surface area contributed by atoms with Gasteiger partial charge in [-0.1, -0.05) is 12.1 Å². The van der Waals surface area contributed by atoms with Crippen LogP contribution in [0.5, 0.6) is 0 Å². The van der Waals surface area contributed by atoms with E-state index in [0.29, 0.717) is 6.42 Å². The van der Waals surface area contributed by atoms with E-state index in [0.717, 1.165) is 17.5 Å². The molecule has 0 spiro atoms. The Morgan fingerprint density at radius 2 is 2.38 bits per heavy atom. The Bertz CT molecular complexity index is 419. The minimum atomic E-state index is -0.854. The van der Waals surface area contributed by atoms with Crippen molar-refractivity contribution in [1.29, 1.82) is 0 Å². The lowest BCUT2D eigenvalue weighted by molar-refractivity contribution is -0.138. The van der Waals surface area contributed by atoms with Crippen LogP contribution >= 0.6 is 0 Å². The van der Waals surface area contributed by atoms with E-state index in [2.05, 4.69) is 0 Å². The maximum atomic E-state index is 13.5. The largest absolute Gasteiger partial charge is 0.480 e. The lowest BCUT2D eigenvalue weighted by Crippen LogP contribution is -2.28. The van der Waals surface area contributed by atoms with Crippen molar-refractivity contribution >= 4 is 5.97 Å². The van der Waals surface area contributed by atoms with Gasteiger partial charge in [0.25, 0.3) is 0 Å². The molecule has 16 heavy (non-hydrogen) atoms. The Balaban J connectivity index is 2.23. The number of hydrogen-bond donors (Lipinski definition) is 1. The summed E-state index contributed by atoms with van der Waals surface area (Å²) in [5.74, 6) is -1.03. The molecule has 0 saturated heterocycles. The summed E-state index contributed by atoms with van der Waals surface area (Å²) in [6.07, 6.45) is 1.48. The zero-order chi connectivity index (χ0) is 11.7. The monoisotopic (exact) mass is 223 g/mol. The molecule has 1 aliphatic rings. The van der Waals surface area contributed by atoms with Crippen molar-refractivity contribution in [3.05, 3.63) is 35.1 Å². The van der Waals surface area contributed by atoms with Gasteiger partial charge in [-0.2, -0.15) is 0 Å². The summed E-state index contributed by atoms with van der Waals surface area (Å²) in [6, 6.07) is 5.05. The summed E-state index contributed by atoms with van der Waals surface area (Å²) in [5.41, 5.74) is 1.67. The lowest BCUT2D eigenvalue weighted by atomic mass is 10.1. The number of halogens is 1. The zero-order valence-electron chi connectivity index (χ0n) is 9.11. The molecule has 2 rings (SSSR count). The second-order valence-corrected chi connectivity index (χ2v) is 4.17. The van der Waals surface area contributed by atoms with E-state index in [1.165, 1.54) is 6.07 Å². The maximum absolute atomic E-state index is 13.5. The van der Waals surface area contributed by atoms with Crippen molar-refractivity contribution < 1.29 is 14.3 Å². The number of carboxylic acid groups (broad SMARTS) is 1. The standard InChI is InChI=1S/C12H14FNO2/c1-14(7-12(15)16)11-6-5-8-9(11)3-2-4-10(8)13/h2-4,11H,5-7H2,1H3,(H,15,16). The van der Waals surface area contributed by atoms with Crippen LogP contribution in [0.4, 0.5) is 4.39 Å². The van der Waals surface area contributed by atoms with Crippen LogP contribution in [0.2, 0.25) is 0 Å². The molecule has 1 aliphatic carbocycles. The van der Waals surface area contributed by atoms with Crippen LogP contribution in [0.15, 0.2) is 18.2 Å². The molecule has 1 unspecified atom stereocenters. The highest BCUT2D eigenvalue weighted by atomic mass is 19.1. The van der Waals surface area contributed by atoms with Gasteiger partial charge in [0.2, 0.25) is 0 Å². The van der Waals surface area contributed by atoms with E-state index >= 15 is 0 Å². The second-order valence-electron chi connectivity index (χ2n) is 4.17. The molecule has 0 radical (unpaired) electrons. The highest BCUT2D eigenvalue weighted by molar-refractivity contribution is 5.69. The first-order chi connectivity index (χ1) is 7.59. The molecule has 1 atom stereocenters. The SMILES string of the molecule is CN(CC(=O)O)C1CCc2c(F)cccc21. The summed E-state index contributed by atoms with van der Waals surface area (Å²) in [5, 5.41) is 8.73. The van der Waals surface area contributed by atoms with Gasteiger partial charge in [0.05, 0.1) is 6.54 Å². The van der Waals surface area contributed by atoms with Crippen molar-refractivity contribution in [2.24, 2.45) is 0 Å². The average molecular weight is 223 g/mol. The van der Waals surface area contributed by atoms with E-state index < -0.39 is 5.97 Å². The summed E-state index contributed by atoms with van der Waals surface area (Å²) >= 11 is 0. The first-order valence-corrected chi connectivity index (χ1v) is 5.29. The molecule has 86 valence electrons. The Morgan fingerprint density at radius 1 is 1.62 bits per heavy atom. The number of hydrogen-bond acceptors (Lipinski definition) is 2. The van der Waals surface area contributed by atoms with E-state index in [9.17, 15) is 9.18 Å². The van der Waals surface area contributed by atoms with Crippen molar-refractivity contribution in [2.45, 2.75) is 18.9 Å². The number of likely N-dealkylation sites (N-methyl/N-ethyl adjacent to an activating group) is 1. The lowest BCUT2D eigenvalue weighted by Gasteiger charge is -2.23. The molecule has 1 N–H and O–H groups in total. The minimum Gasteiger partial charge on any atom is -0.480 e. The summed E-state index contributed by atoms with van der Waals surface area (Å²) in [6.45, 7) is -0.0133. The molecule has 0 bridgehead atoms. The van der Waals surface area contributed by atoms with Gasteiger partial charge in [-0.05, 0) is 37.1 Å². The fraction of sp³-hybridized carbons (Fsp3) is 0.417. The molecule has 0 aliphatic heterocycles. The highest BCUT2D eigenvalue weighted by Gasteiger charge is 2.28. The normalized spacial score (nSPS) is 18.8. The Morgan fingerprint density at radius 3 is 3.06 bits per heavy atom. The zero-order valence-corrected chi connectivity index (χ0v) is 9.11. The van der Waals surface area contributed by atoms with Gasteiger partial charge in [0, 0.05) is 6.04 Å². The number of carbonyl (C=O) groups is 1. The van der Waals surface area contributed by atoms with Gasteiger partial charge in [0.1, 0.15) is 5.82 Å². The molecule has 0 amide bonds. The number of nitrogens with zero attached hydrogens (tertiary/aromatic N) is 1. The predicted octanol–water partition coefficient (Wildman–Crippen LogP) is 1.83. The fourth-order valence-electron chi connectivity index (χ4n) is 2.37. The number of aliphatic carboxylic acids is 1. The van der Waals surface area contributed by atoms with Gasteiger partial charge >= 0.3 is 5.97 Å². The molecule has 3 nitrogen and oxygen atoms in total. The highest BCUT2D eigenvalue weighted by Crippen LogP contribution is 2.35. The van der Waals surface area contributed by atoms with E-state index in [4.69, 9.17) is 5.11 Å². The van der Waals surface area contributed by atoms with Crippen LogP contribution in [-0.2, 0) is 11.2 Å². The van der Waals surface area contributed by atoms with Crippen molar-refractivity contribution in [3.8, 4) is 0 Å². The molecule has 4 heteroatoms.